The molecule has 0 aromatic rings. The maximum Gasteiger partial charge on any atom is 0.0639 e. The van der Waals surface area contributed by atoms with E-state index in [1.54, 1.807) is 7.11 Å². The van der Waals surface area contributed by atoms with Crippen molar-refractivity contribution in [3.63, 3.8) is 0 Å². The lowest BCUT2D eigenvalue weighted by Gasteiger charge is -2.27. The molecule has 1 saturated carbocycles. The molecule has 1 rings (SSSR count). The van der Waals surface area contributed by atoms with Gasteiger partial charge in [-0.25, -0.2) is 0 Å². The van der Waals surface area contributed by atoms with E-state index in [9.17, 15) is 0 Å². The van der Waals surface area contributed by atoms with Crippen LogP contribution in [0.3, 0.4) is 0 Å². The molecule has 0 spiro atoms. The molecule has 1 N–H and O–H groups in total. The van der Waals surface area contributed by atoms with Crippen molar-refractivity contribution in [3.05, 3.63) is 0 Å². The highest BCUT2D eigenvalue weighted by atomic mass is 16.5. The molecule has 0 aromatic carbocycles. The van der Waals surface area contributed by atoms with Crippen LogP contribution in [0.25, 0.3) is 0 Å². The Hall–Kier alpha value is -0.0800. The molecule has 1 fully saturated rings. The van der Waals surface area contributed by atoms with Crippen molar-refractivity contribution in [1.29, 1.82) is 0 Å². The highest BCUT2D eigenvalue weighted by Crippen LogP contribution is 2.24. The molecule has 0 bridgehead atoms. The molecule has 2 nitrogen and oxygen atoms in total. The van der Waals surface area contributed by atoms with Gasteiger partial charge in [0, 0.05) is 12.6 Å². The molecule has 0 amide bonds. The molecule has 13 heavy (non-hydrogen) atoms. The average Bonchev–Trinajstić information content (AvgIpc) is 2.52. The Kier molecular flexibility index (Phi) is 4.20. The van der Waals surface area contributed by atoms with Gasteiger partial charge in [0.15, 0.2) is 0 Å². The minimum absolute atomic E-state index is 0.136. The summed E-state index contributed by atoms with van der Waals surface area (Å²) in [6.45, 7) is 6.35. The first-order chi connectivity index (χ1) is 6.14. The molecule has 0 heterocycles. The number of hydrogen-bond donors (Lipinski definition) is 1. The summed E-state index contributed by atoms with van der Waals surface area (Å²) >= 11 is 0. The first kappa shape index (κ1) is 11.0. The fourth-order valence-corrected chi connectivity index (χ4v) is 2.05. The number of hydrogen-bond acceptors (Lipinski definition) is 2. The molecular formula is C11H23NO. The standard InChI is InChI=1S/C11H23NO/c1-11(2,9-13-3)12-8-10-6-4-5-7-10/h10,12H,4-9H2,1-3H3. The smallest absolute Gasteiger partial charge is 0.0639 e. The molecule has 0 aliphatic heterocycles. The van der Waals surface area contributed by atoms with Crippen LogP contribution in [0.1, 0.15) is 39.5 Å². The number of methoxy groups -OCH3 is 1. The molecule has 0 saturated heterocycles. The van der Waals surface area contributed by atoms with Crippen molar-refractivity contribution in [2.24, 2.45) is 5.92 Å². The molecule has 2 heteroatoms. The average molecular weight is 185 g/mol. The Balaban J connectivity index is 2.15. The van der Waals surface area contributed by atoms with Crippen LogP contribution in [0.5, 0.6) is 0 Å². The van der Waals surface area contributed by atoms with Gasteiger partial charge in [0.1, 0.15) is 0 Å². The monoisotopic (exact) mass is 185 g/mol. The lowest BCUT2D eigenvalue weighted by Crippen LogP contribution is -2.45. The Labute approximate surface area is 82.0 Å². The Morgan fingerprint density at radius 2 is 1.92 bits per heavy atom. The van der Waals surface area contributed by atoms with E-state index < -0.39 is 0 Å². The lowest BCUT2D eigenvalue weighted by molar-refractivity contribution is 0.125. The molecule has 78 valence electrons. The number of nitrogens with one attached hydrogen (secondary N) is 1. The van der Waals surface area contributed by atoms with Crippen LogP contribution in [0.4, 0.5) is 0 Å². The van der Waals surface area contributed by atoms with Gasteiger partial charge in [0.2, 0.25) is 0 Å². The van der Waals surface area contributed by atoms with Gasteiger partial charge in [0.25, 0.3) is 0 Å². The van der Waals surface area contributed by atoms with Crippen LogP contribution < -0.4 is 5.32 Å². The summed E-state index contributed by atoms with van der Waals surface area (Å²) in [4.78, 5) is 0. The summed E-state index contributed by atoms with van der Waals surface area (Å²) in [6.07, 6.45) is 5.68. The predicted octanol–water partition coefficient (Wildman–Crippen LogP) is 2.19. The summed E-state index contributed by atoms with van der Waals surface area (Å²) in [5, 5.41) is 3.58. The van der Waals surface area contributed by atoms with E-state index >= 15 is 0 Å². The van der Waals surface area contributed by atoms with Gasteiger partial charge in [-0.05, 0) is 39.2 Å². The molecule has 0 aromatic heterocycles. The quantitative estimate of drug-likeness (QED) is 0.709. The second-order valence-corrected chi connectivity index (χ2v) is 4.85. The highest BCUT2D eigenvalue weighted by Gasteiger charge is 2.20. The van der Waals surface area contributed by atoms with Gasteiger partial charge in [-0.3, -0.25) is 0 Å². The fraction of sp³-hybridized carbons (Fsp3) is 1.00. The van der Waals surface area contributed by atoms with Crippen molar-refractivity contribution < 1.29 is 4.74 Å². The minimum atomic E-state index is 0.136. The zero-order chi connectivity index (χ0) is 9.73. The largest absolute Gasteiger partial charge is 0.383 e. The third kappa shape index (κ3) is 4.10. The number of rotatable bonds is 5. The molecule has 0 unspecified atom stereocenters. The van der Waals surface area contributed by atoms with E-state index in [1.807, 2.05) is 0 Å². The fourth-order valence-electron chi connectivity index (χ4n) is 2.05. The van der Waals surface area contributed by atoms with Gasteiger partial charge in [-0.1, -0.05) is 12.8 Å². The van der Waals surface area contributed by atoms with Crippen LogP contribution in [0.15, 0.2) is 0 Å². The van der Waals surface area contributed by atoms with E-state index in [2.05, 4.69) is 19.2 Å². The van der Waals surface area contributed by atoms with E-state index in [4.69, 9.17) is 4.74 Å². The van der Waals surface area contributed by atoms with Crippen molar-refractivity contribution in [2.45, 2.75) is 45.1 Å². The number of ether oxygens (including phenoxy) is 1. The maximum atomic E-state index is 5.16. The maximum absolute atomic E-state index is 5.16. The molecule has 0 atom stereocenters. The van der Waals surface area contributed by atoms with Crippen molar-refractivity contribution in [3.8, 4) is 0 Å². The summed E-state index contributed by atoms with van der Waals surface area (Å²) in [6, 6.07) is 0. The van der Waals surface area contributed by atoms with Gasteiger partial charge in [-0.2, -0.15) is 0 Å². The van der Waals surface area contributed by atoms with Gasteiger partial charge < -0.3 is 10.1 Å². The van der Waals surface area contributed by atoms with Crippen molar-refractivity contribution in [2.75, 3.05) is 20.3 Å². The van der Waals surface area contributed by atoms with Gasteiger partial charge >= 0.3 is 0 Å². The van der Waals surface area contributed by atoms with Crippen LogP contribution >= 0.6 is 0 Å². The summed E-state index contributed by atoms with van der Waals surface area (Å²) < 4.78 is 5.16. The first-order valence-electron chi connectivity index (χ1n) is 5.38. The molecule has 0 radical (unpaired) electrons. The summed E-state index contributed by atoms with van der Waals surface area (Å²) in [7, 11) is 1.76. The molecular weight excluding hydrogens is 162 g/mol. The topological polar surface area (TPSA) is 21.3 Å². The second kappa shape index (κ2) is 4.97. The zero-order valence-electron chi connectivity index (χ0n) is 9.23. The van der Waals surface area contributed by atoms with Crippen molar-refractivity contribution in [1.82, 2.24) is 5.32 Å². The first-order valence-corrected chi connectivity index (χ1v) is 5.38. The van der Waals surface area contributed by atoms with E-state index in [-0.39, 0.29) is 5.54 Å². The molecule has 1 aliphatic rings. The highest BCUT2D eigenvalue weighted by molar-refractivity contribution is 4.79. The van der Waals surface area contributed by atoms with E-state index in [0.29, 0.717) is 0 Å². The van der Waals surface area contributed by atoms with Gasteiger partial charge in [-0.15, -0.1) is 0 Å². The summed E-state index contributed by atoms with van der Waals surface area (Å²) in [5.74, 6) is 0.913. The predicted molar refractivity (Wildman–Crippen MR) is 55.9 cm³/mol. The van der Waals surface area contributed by atoms with Crippen molar-refractivity contribution >= 4 is 0 Å². The third-order valence-corrected chi connectivity index (χ3v) is 2.85. The van der Waals surface area contributed by atoms with Crippen LogP contribution in [0, 0.1) is 5.92 Å². The lowest BCUT2D eigenvalue weighted by atomic mass is 10.0. The SMILES string of the molecule is COCC(C)(C)NCC1CCCC1. The Morgan fingerprint density at radius 3 is 2.46 bits per heavy atom. The third-order valence-electron chi connectivity index (χ3n) is 2.85. The van der Waals surface area contributed by atoms with E-state index in [0.717, 1.165) is 19.1 Å². The minimum Gasteiger partial charge on any atom is -0.383 e. The van der Waals surface area contributed by atoms with Gasteiger partial charge in [0.05, 0.1) is 6.61 Å². The van der Waals surface area contributed by atoms with Crippen LogP contribution in [-0.2, 0) is 4.74 Å². The zero-order valence-corrected chi connectivity index (χ0v) is 9.23. The normalized spacial score (nSPS) is 19.6. The Morgan fingerprint density at radius 1 is 1.31 bits per heavy atom. The van der Waals surface area contributed by atoms with E-state index in [1.165, 1.54) is 25.7 Å². The van der Waals surface area contributed by atoms with Crippen LogP contribution in [-0.4, -0.2) is 25.8 Å². The summed E-state index contributed by atoms with van der Waals surface area (Å²) in [5.41, 5.74) is 0.136. The second-order valence-electron chi connectivity index (χ2n) is 4.85. The molecule has 1 aliphatic carbocycles. The van der Waals surface area contributed by atoms with Crippen LogP contribution in [0.2, 0.25) is 0 Å². The Bertz CT molecular complexity index is 139.